The van der Waals surface area contributed by atoms with E-state index in [4.69, 9.17) is 9.47 Å². The first kappa shape index (κ1) is 25.4. The molecule has 0 aromatic carbocycles. The number of aliphatic hydroxyl groups is 1. The third-order valence-corrected chi connectivity index (χ3v) is 5.00. The zero-order valence-corrected chi connectivity index (χ0v) is 19.0. The van der Waals surface area contributed by atoms with Gasteiger partial charge in [-0.1, -0.05) is 69.8 Å². The fraction of sp³-hybridized carbons (Fsp3) is 0.840. The van der Waals surface area contributed by atoms with Crippen molar-refractivity contribution in [3.8, 4) is 0 Å². The predicted octanol–water partition coefficient (Wildman–Crippen LogP) is 7.09. The molecule has 3 unspecified atom stereocenters. The highest BCUT2D eigenvalue weighted by atomic mass is 16.8. The van der Waals surface area contributed by atoms with Gasteiger partial charge in [-0.25, -0.2) is 0 Å². The average Bonchev–Trinajstić information content (AvgIpc) is 3.33. The van der Waals surface area contributed by atoms with Crippen LogP contribution >= 0.6 is 0 Å². The summed E-state index contributed by atoms with van der Waals surface area (Å²) in [4.78, 5) is 0. The van der Waals surface area contributed by atoms with Crippen LogP contribution in [-0.4, -0.2) is 29.2 Å². The van der Waals surface area contributed by atoms with Crippen LogP contribution in [0.5, 0.6) is 0 Å². The lowest BCUT2D eigenvalue weighted by Gasteiger charge is -2.17. The van der Waals surface area contributed by atoms with Crippen molar-refractivity contribution in [3.05, 3.63) is 24.3 Å². The smallest absolute Gasteiger partial charge is 0.185 e. The van der Waals surface area contributed by atoms with Gasteiger partial charge in [0.15, 0.2) is 6.29 Å². The minimum atomic E-state index is -0.253. The van der Waals surface area contributed by atoms with Crippen molar-refractivity contribution >= 4 is 0 Å². The maximum Gasteiger partial charge on any atom is 0.185 e. The van der Waals surface area contributed by atoms with E-state index in [0.717, 1.165) is 19.3 Å². The van der Waals surface area contributed by atoms with E-state index in [1.54, 1.807) is 0 Å². The lowest BCUT2D eigenvalue weighted by molar-refractivity contribution is -0.0571. The SMILES string of the molecule is CCCCCC=CCC=CCCCCCCCC(O)CC1OC1OC(C)(C)C. The molecule has 1 heterocycles. The van der Waals surface area contributed by atoms with E-state index in [-0.39, 0.29) is 24.1 Å². The average molecular weight is 395 g/mol. The van der Waals surface area contributed by atoms with Gasteiger partial charge < -0.3 is 14.6 Å². The molecule has 0 radical (unpaired) electrons. The summed E-state index contributed by atoms with van der Waals surface area (Å²) in [5, 5.41) is 10.1. The first-order valence-corrected chi connectivity index (χ1v) is 11.7. The molecule has 164 valence electrons. The van der Waals surface area contributed by atoms with E-state index < -0.39 is 0 Å². The molecule has 0 bridgehead atoms. The van der Waals surface area contributed by atoms with E-state index in [1.807, 2.05) is 20.8 Å². The molecular weight excluding hydrogens is 348 g/mol. The van der Waals surface area contributed by atoms with Gasteiger partial charge in [0, 0.05) is 6.42 Å². The standard InChI is InChI=1S/C25H46O3/c1-5-6-7-8-9-10-11-12-13-14-15-16-17-18-19-20-22(26)21-23-24(27-23)28-25(2,3)4/h9-10,12-13,22-24,26H,5-8,11,14-21H2,1-4H3. The van der Waals surface area contributed by atoms with Crippen LogP contribution in [0.2, 0.25) is 0 Å². The number of aliphatic hydroxyl groups excluding tert-OH is 1. The Morgan fingerprint density at radius 1 is 0.893 bits per heavy atom. The molecule has 1 aliphatic rings. The molecule has 0 saturated carbocycles. The summed E-state index contributed by atoms with van der Waals surface area (Å²) in [5.74, 6) is 0. The van der Waals surface area contributed by atoms with Gasteiger partial charge in [-0.05, 0) is 59.3 Å². The molecule has 0 aliphatic carbocycles. The number of unbranched alkanes of at least 4 members (excludes halogenated alkanes) is 8. The molecule has 0 aromatic heterocycles. The van der Waals surface area contributed by atoms with Gasteiger partial charge in [0.2, 0.25) is 0 Å². The topological polar surface area (TPSA) is 42.0 Å². The van der Waals surface area contributed by atoms with Crippen molar-refractivity contribution in [2.75, 3.05) is 0 Å². The number of rotatable bonds is 17. The number of ether oxygens (including phenoxy) is 2. The monoisotopic (exact) mass is 394 g/mol. The molecule has 0 aromatic rings. The van der Waals surface area contributed by atoms with Crippen molar-refractivity contribution in [3.63, 3.8) is 0 Å². The van der Waals surface area contributed by atoms with E-state index in [2.05, 4.69) is 31.2 Å². The Bertz CT molecular complexity index is 422. The fourth-order valence-electron chi connectivity index (χ4n) is 3.32. The molecule has 0 spiro atoms. The Morgan fingerprint density at radius 2 is 1.50 bits per heavy atom. The largest absolute Gasteiger partial charge is 0.393 e. The zero-order valence-electron chi connectivity index (χ0n) is 19.0. The summed E-state index contributed by atoms with van der Waals surface area (Å²) in [7, 11) is 0. The van der Waals surface area contributed by atoms with E-state index >= 15 is 0 Å². The highest BCUT2D eigenvalue weighted by molar-refractivity contribution is 4.92. The zero-order chi connectivity index (χ0) is 20.7. The molecule has 3 heteroatoms. The summed E-state index contributed by atoms with van der Waals surface area (Å²) in [6.45, 7) is 8.35. The van der Waals surface area contributed by atoms with E-state index in [9.17, 15) is 5.11 Å². The van der Waals surface area contributed by atoms with Crippen molar-refractivity contribution in [1.82, 2.24) is 0 Å². The summed E-state index contributed by atoms with van der Waals surface area (Å²) in [6, 6.07) is 0. The van der Waals surface area contributed by atoms with Gasteiger partial charge in [0.05, 0.1) is 11.7 Å². The second-order valence-corrected chi connectivity index (χ2v) is 9.18. The maximum atomic E-state index is 10.1. The van der Waals surface area contributed by atoms with E-state index in [1.165, 1.54) is 57.8 Å². The number of hydrogen-bond acceptors (Lipinski definition) is 3. The molecule has 3 nitrogen and oxygen atoms in total. The van der Waals surface area contributed by atoms with Crippen molar-refractivity contribution in [2.24, 2.45) is 0 Å². The number of allylic oxidation sites excluding steroid dienone is 4. The molecule has 1 N–H and O–H groups in total. The van der Waals surface area contributed by atoms with Gasteiger partial charge in [-0.2, -0.15) is 0 Å². The Kier molecular flexibility index (Phi) is 13.8. The molecule has 1 aliphatic heterocycles. The van der Waals surface area contributed by atoms with E-state index in [0.29, 0.717) is 6.42 Å². The molecular formula is C25H46O3. The van der Waals surface area contributed by atoms with Gasteiger partial charge in [-0.3, -0.25) is 0 Å². The van der Waals surface area contributed by atoms with Crippen LogP contribution in [-0.2, 0) is 9.47 Å². The van der Waals surface area contributed by atoms with Crippen molar-refractivity contribution < 1.29 is 14.6 Å². The third-order valence-electron chi connectivity index (χ3n) is 5.00. The summed E-state index contributed by atoms with van der Waals surface area (Å²) < 4.78 is 11.3. The first-order chi connectivity index (χ1) is 13.4. The highest BCUT2D eigenvalue weighted by Crippen LogP contribution is 2.32. The quantitative estimate of drug-likeness (QED) is 0.163. The normalized spacial score (nSPS) is 21.0. The fourth-order valence-corrected chi connectivity index (χ4v) is 3.32. The van der Waals surface area contributed by atoms with Crippen LogP contribution < -0.4 is 0 Å². The molecule has 28 heavy (non-hydrogen) atoms. The lowest BCUT2D eigenvalue weighted by Crippen LogP contribution is -2.22. The van der Waals surface area contributed by atoms with Gasteiger partial charge >= 0.3 is 0 Å². The number of epoxide rings is 1. The van der Waals surface area contributed by atoms with Crippen LogP contribution in [0.4, 0.5) is 0 Å². The maximum absolute atomic E-state index is 10.1. The van der Waals surface area contributed by atoms with Crippen LogP contribution in [0.15, 0.2) is 24.3 Å². The molecule has 1 saturated heterocycles. The Morgan fingerprint density at radius 3 is 2.14 bits per heavy atom. The van der Waals surface area contributed by atoms with Gasteiger partial charge in [0.25, 0.3) is 0 Å². The Hall–Kier alpha value is -0.640. The Balaban J connectivity index is 1.84. The Labute approximate surface area is 174 Å². The van der Waals surface area contributed by atoms with Gasteiger partial charge in [0.1, 0.15) is 6.10 Å². The molecule has 1 fully saturated rings. The molecule has 3 atom stereocenters. The minimum Gasteiger partial charge on any atom is -0.393 e. The summed E-state index contributed by atoms with van der Waals surface area (Å²) in [6.07, 6.45) is 24.2. The van der Waals surface area contributed by atoms with Crippen LogP contribution in [0, 0.1) is 0 Å². The van der Waals surface area contributed by atoms with Gasteiger partial charge in [-0.15, -0.1) is 0 Å². The van der Waals surface area contributed by atoms with Crippen molar-refractivity contribution in [2.45, 2.75) is 135 Å². The lowest BCUT2D eigenvalue weighted by atomic mass is 10.0. The summed E-state index contributed by atoms with van der Waals surface area (Å²) >= 11 is 0. The summed E-state index contributed by atoms with van der Waals surface area (Å²) in [5.41, 5.74) is -0.176. The van der Waals surface area contributed by atoms with Crippen LogP contribution in [0.25, 0.3) is 0 Å². The minimum absolute atomic E-state index is 0.0900. The first-order valence-electron chi connectivity index (χ1n) is 11.7. The second-order valence-electron chi connectivity index (χ2n) is 9.18. The predicted molar refractivity (Wildman–Crippen MR) is 119 cm³/mol. The molecule has 1 rings (SSSR count). The van der Waals surface area contributed by atoms with Crippen LogP contribution in [0.1, 0.15) is 111 Å². The third kappa shape index (κ3) is 15.3. The molecule has 0 amide bonds. The second kappa shape index (κ2) is 15.2. The number of hydrogen-bond donors (Lipinski definition) is 1. The van der Waals surface area contributed by atoms with Crippen LogP contribution in [0.3, 0.4) is 0 Å². The van der Waals surface area contributed by atoms with Crippen molar-refractivity contribution in [1.29, 1.82) is 0 Å². The highest BCUT2D eigenvalue weighted by Gasteiger charge is 2.43.